The first-order valence-corrected chi connectivity index (χ1v) is 28.6. The van der Waals surface area contributed by atoms with Crippen LogP contribution in [0.4, 0.5) is 56.0 Å². The van der Waals surface area contributed by atoms with E-state index in [9.17, 15) is 25.9 Å². The van der Waals surface area contributed by atoms with Crippen LogP contribution < -0.4 is 29.9 Å². The number of fused-ring (bicyclic) bond motifs is 2. The van der Waals surface area contributed by atoms with Crippen LogP contribution in [0.1, 0.15) is 59.8 Å². The summed E-state index contributed by atoms with van der Waals surface area (Å²) in [6, 6.07) is 11.3. The van der Waals surface area contributed by atoms with Gasteiger partial charge in [-0.05, 0) is 100.0 Å². The second-order valence-electron chi connectivity index (χ2n) is 15.2. The second kappa shape index (κ2) is 21.4. The lowest BCUT2D eigenvalue weighted by atomic mass is 10.0. The number of aromatic nitrogens is 5. The van der Waals surface area contributed by atoms with Crippen LogP contribution in [0.15, 0.2) is 70.4 Å². The van der Waals surface area contributed by atoms with Gasteiger partial charge in [-0.3, -0.25) is 9.11 Å². The molecule has 1 saturated carbocycles. The number of thioether (sulfide) groups is 1. The van der Waals surface area contributed by atoms with E-state index in [-0.39, 0.29) is 41.8 Å². The molecule has 0 saturated heterocycles. The number of ether oxygens (including phenoxy) is 2. The fourth-order valence-electron chi connectivity index (χ4n) is 7.67. The fraction of sp³-hybridized carbons (Fsp3) is 0.390. The van der Waals surface area contributed by atoms with Gasteiger partial charge in [0.2, 0.25) is 11.9 Å². The highest BCUT2D eigenvalue weighted by Crippen LogP contribution is 2.49. The lowest BCUT2D eigenvalue weighted by molar-refractivity contribution is 0.406. The number of azo groups is 2. The van der Waals surface area contributed by atoms with Crippen molar-refractivity contribution in [2.24, 2.45) is 20.5 Å². The molecule has 69 heavy (non-hydrogen) atoms. The maximum Gasteiger partial charge on any atom is 0.307 e. The van der Waals surface area contributed by atoms with Crippen molar-refractivity contribution in [3.05, 3.63) is 36.4 Å². The Labute approximate surface area is 418 Å². The largest absolute Gasteiger partial charge is 0.494 e. The molecule has 1 fully saturated rings. The Morgan fingerprint density at radius 3 is 1.49 bits per heavy atom. The molecule has 5 aromatic heterocycles. The number of rotatable bonds is 20. The molecule has 5 heterocycles. The number of thiophene rings is 2. The van der Waals surface area contributed by atoms with E-state index in [4.69, 9.17) is 24.4 Å². The van der Waals surface area contributed by atoms with E-state index in [1.165, 1.54) is 20.6 Å². The van der Waals surface area contributed by atoms with E-state index < -0.39 is 20.2 Å². The van der Waals surface area contributed by atoms with Crippen molar-refractivity contribution in [3.63, 3.8) is 0 Å². The number of benzene rings is 2. The first-order chi connectivity index (χ1) is 33.1. The summed E-state index contributed by atoms with van der Waals surface area (Å²) in [7, 11) is -6.56. The van der Waals surface area contributed by atoms with E-state index in [1.807, 2.05) is 36.4 Å². The normalized spacial score (nSPS) is 13.9. The Kier molecular flexibility index (Phi) is 15.6. The molecule has 0 aliphatic heterocycles. The van der Waals surface area contributed by atoms with Crippen LogP contribution in [0.5, 0.6) is 11.5 Å². The molecule has 1 aliphatic rings. The monoisotopic (exact) mass is 1070 g/mol. The lowest BCUT2D eigenvalue weighted by Crippen LogP contribution is -2.21. The molecule has 0 unspecified atom stereocenters. The first kappa shape index (κ1) is 50.2. The van der Waals surface area contributed by atoms with Crippen LogP contribution in [-0.4, -0.2) is 95.3 Å². The predicted molar refractivity (Wildman–Crippen MR) is 275 cm³/mol. The number of hydrogen-bond acceptors (Lipinski definition) is 24. The standard InChI is InChI=1S/C41H47N13O8S7/c1-7-53(8-2)22-16-18-25(47-49-33-29-31(61-5)37(68(55,56)57)64-35(29)51-66-33)27(20-22)42-39-44-40(46-41(45-39)63-24-14-12-11-13-15-24)43-28-21-23(54(9-3)10-4)17-19-26(28)48-50-34-30-32(62-6)38(69(58,59)60)65-36(30)52-67-34/h16-21,24H,7-15H2,1-6H3,(H,55,56,57)(H,58,59,60)(H2,42,43,44,45,46)/b49-47+,50-48+. The number of nitrogens with one attached hydrogen (secondary N) is 2. The number of nitrogens with zero attached hydrogens (tertiary/aromatic N) is 11. The Morgan fingerprint density at radius 2 is 1.10 bits per heavy atom. The zero-order valence-electron chi connectivity index (χ0n) is 38.0. The lowest BCUT2D eigenvalue weighted by Gasteiger charge is -2.23. The summed E-state index contributed by atoms with van der Waals surface area (Å²) in [4.78, 5) is 19.7. The van der Waals surface area contributed by atoms with Crippen molar-refractivity contribution >= 4 is 154 Å². The third kappa shape index (κ3) is 11.1. The zero-order valence-corrected chi connectivity index (χ0v) is 43.7. The van der Waals surface area contributed by atoms with E-state index >= 15 is 0 Å². The number of anilines is 6. The molecular formula is C41H47N13O8S7. The van der Waals surface area contributed by atoms with E-state index in [0.717, 1.165) is 109 Å². The molecule has 21 nitrogen and oxygen atoms in total. The van der Waals surface area contributed by atoms with Crippen LogP contribution in [-0.2, 0) is 20.2 Å². The number of methoxy groups -OCH3 is 2. The maximum absolute atomic E-state index is 12.2. The summed E-state index contributed by atoms with van der Waals surface area (Å²) in [5.74, 6) is 0.305. The smallest absolute Gasteiger partial charge is 0.307 e. The van der Waals surface area contributed by atoms with Gasteiger partial charge >= 0.3 is 20.2 Å². The van der Waals surface area contributed by atoms with Crippen LogP contribution in [0.3, 0.4) is 0 Å². The maximum atomic E-state index is 12.2. The van der Waals surface area contributed by atoms with Crippen LogP contribution in [0.25, 0.3) is 20.4 Å². The average molecular weight is 1070 g/mol. The second-order valence-corrected chi connectivity index (χ2v) is 23.2. The molecule has 4 N–H and O–H groups in total. The van der Waals surface area contributed by atoms with Gasteiger partial charge in [-0.2, -0.15) is 40.5 Å². The summed E-state index contributed by atoms with van der Waals surface area (Å²) in [6.07, 6.45) is 5.44. The van der Waals surface area contributed by atoms with Gasteiger partial charge in [0.25, 0.3) is 0 Å². The summed E-state index contributed by atoms with van der Waals surface area (Å²) >= 11 is 5.17. The summed E-state index contributed by atoms with van der Waals surface area (Å²) in [5.41, 5.74) is 3.65. The van der Waals surface area contributed by atoms with Gasteiger partial charge in [-0.15, -0.1) is 20.5 Å². The average Bonchev–Trinajstić information content (AvgIpc) is 4.11. The van der Waals surface area contributed by atoms with E-state index in [1.54, 1.807) is 11.8 Å². The van der Waals surface area contributed by atoms with Crippen LogP contribution >= 0.6 is 57.5 Å². The SMILES string of the molecule is CCN(CC)c1ccc(/N=N/c2snc3sc(S(=O)(=O)O)c(OC)c23)c(Nc2nc(Nc3cc(N(CC)CC)ccc3/N=N/c3snc4sc(S(=O)(=O)O)c(OC)c34)nc(SC3CCCCC3)n2)c1. The van der Waals surface area contributed by atoms with Crippen molar-refractivity contribution in [2.75, 3.05) is 60.8 Å². The Bertz CT molecular complexity index is 3070. The van der Waals surface area contributed by atoms with Crippen molar-refractivity contribution in [3.8, 4) is 11.5 Å². The Balaban J connectivity index is 1.20. The molecule has 28 heteroatoms. The van der Waals surface area contributed by atoms with Crippen molar-refractivity contribution < 1.29 is 35.4 Å². The molecule has 2 aromatic carbocycles. The molecule has 0 radical (unpaired) electrons. The zero-order chi connectivity index (χ0) is 49.0. The Hall–Kier alpha value is -5.20. The minimum absolute atomic E-state index is 0.0614. The van der Waals surface area contributed by atoms with Gasteiger partial charge in [0.15, 0.2) is 35.1 Å². The quantitative estimate of drug-likeness (QED) is 0.0408. The van der Waals surface area contributed by atoms with Gasteiger partial charge in [0.1, 0.15) is 21.0 Å². The van der Waals surface area contributed by atoms with Crippen molar-refractivity contribution in [2.45, 2.75) is 78.6 Å². The molecule has 0 bridgehead atoms. The van der Waals surface area contributed by atoms with Gasteiger partial charge in [-0.25, -0.2) is 0 Å². The molecule has 0 amide bonds. The fourth-order valence-corrected chi connectivity index (χ4v) is 14.3. The van der Waals surface area contributed by atoms with Gasteiger partial charge in [0.05, 0.1) is 36.4 Å². The minimum atomic E-state index is -4.59. The third-order valence-electron chi connectivity index (χ3n) is 11.0. The van der Waals surface area contributed by atoms with Crippen LogP contribution in [0.2, 0.25) is 0 Å². The summed E-state index contributed by atoms with van der Waals surface area (Å²) < 4.78 is 87.2. The molecular weight excluding hydrogens is 1030 g/mol. The van der Waals surface area contributed by atoms with Gasteiger partial charge in [0, 0.05) is 42.8 Å². The topological polar surface area (TPSA) is 272 Å². The molecule has 0 spiro atoms. The first-order valence-electron chi connectivity index (χ1n) is 21.6. The van der Waals surface area contributed by atoms with Crippen molar-refractivity contribution in [1.82, 2.24) is 23.7 Å². The van der Waals surface area contributed by atoms with Gasteiger partial charge < -0.3 is 29.9 Å². The van der Waals surface area contributed by atoms with Crippen LogP contribution in [0, 0.1) is 0 Å². The predicted octanol–water partition coefficient (Wildman–Crippen LogP) is 12.2. The highest BCUT2D eigenvalue weighted by Gasteiger charge is 2.29. The number of hydrogen-bond donors (Lipinski definition) is 4. The van der Waals surface area contributed by atoms with Crippen molar-refractivity contribution in [1.29, 1.82) is 0 Å². The Morgan fingerprint density at radius 1 is 0.667 bits per heavy atom. The minimum Gasteiger partial charge on any atom is -0.494 e. The summed E-state index contributed by atoms with van der Waals surface area (Å²) in [6.45, 7) is 11.2. The molecule has 1 aliphatic carbocycles. The summed E-state index contributed by atoms with van der Waals surface area (Å²) in [5, 5.41) is 27.1. The van der Waals surface area contributed by atoms with E-state index in [2.05, 4.69) is 77.3 Å². The molecule has 8 rings (SSSR count). The molecule has 7 aromatic rings. The highest BCUT2D eigenvalue weighted by molar-refractivity contribution is 7.99. The molecule has 0 atom stereocenters. The highest BCUT2D eigenvalue weighted by atomic mass is 32.3. The van der Waals surface area contributed by atoms with E-state index in [0.29, 0.717) is 53.6 Å². The third-order valence-corrected chi connectivity index (χ3v) is 18.7. The molecule has 366 valence electrons. The van der Waals surface area contributed by atoms with Gasteiger partial charge in [-0.1, -0.05) is 53.7 Å².